The number of fused-ring (bicyclic) bond motifs is 1. The number of carbonyl (C=O) groups excluding carboxylic acids is 1. The van der Waals surface area contributed by atoms with Crippen LogP contribution in [0.25, 0.3) is 11.1 Å². The summed E-state index contributed by atoms with van der Waals surface area (Å²) >= 11 is 0. The van der Waals surface area contributed by atoms with E-state index in [1.807, 2.05) is 42.5 Å². The van der Waals surface area contributed by atoms with Crippen molar-refractivity contribution in [3.8, 4) is 0 Å². The second-order valence-corrected chi connectivity index (χ2v) is 6.43. The van der Waals surface area contributed by atoms with E-state index in [1.54, 1.807) is 10.7 Å². The third-order valence-electron chi connectivity index (χ3n) is 4.81. The second-order valence-electron chi connectivity index (χ2n) is 6.43. The van der Waals surface area contributed by atoms with Gasteiger partial charge in [-0.2, -0.15) is 5.10 Å². The topological polar surface area (TPSA) is 73.3 Å². The van der Waals surface area contributed by atoms with Gasteiger partial charge in [-0.15, -0.1) is 0 Å². The number of para-hydroxylation sites is 2. The Morgan fingerprint density at radius 3 is 3.00 bits per heavy atom. The molecule has 0 radical (unpaired) electrons. The van der Waals surface area contributed by atoms with E-state index in [0.717, 1.165) is 30.5 Å². The molecule has 2 aromatic heterocycles. The first kappa shape index (κ1) is 15.7. The van der Waals surface area contributed by atoms with Crippen LogP contribution >= 0.6 is 0 Å². The SMILES string of the molecule is Cn1cc(C2CCCN2C(=O)CCn2c(=O)oc3ccccc32)cn1. The van der Waals surface area contributed by atoms with E-state index in [0.29, 0.717) is 12.1 Å². The molecule has 0 spiro atoms. The summed E-state index contributed by atoms with van der Waals surface area (Å²) in [5, 5.41) is 4.21. The number of likely N-dealkylation sites (tertiary alicyclic amines) is 1. The lowest BCUT2D eigenvalue weighted by Gasteiger charge is -2.24. The van der Waals surface area contributed by atoms with Crippen LogP contribution in [0, 0.1) is 0 Å². The molecule has 0 bridgehead atoms. The van der Waals surface area contributed by atoms with E-state index in [-0.39, 0.29) is 18.4 Å². The van der Waals surface area contributed by atoms with Crippen LogP contribution in [0.3, 0.4) is 0 Å². The van der Waals surface area contributed by atoms with Crippen LogP contribution < -0.4 is 5.76 Å². The zero-order valence-corrected chi connectivity index (χ0v) is 14.1. The van der Waals surface area contributed by atoms with Crippen molar-refractivity contribution in [1.82, 2.24) is 19.2 Å². The van der Waals surface area contributed by atoms with E-state index in [2.05, 4.69) is 5.10 Å². The molecule has 1 saturated heterocycles. The Morgan fingerprint density at radius 2 is 2.20 bits per heavy atom. The summed E-state index contributed by atoms with van der Waals surface area (Å²) in [4.78, 5) is 26.7. The van der Waals surface area contributed by atoms with Crippen LogP contribution in [-0.4, -0.2) is 31.7 Å². The lowest BCUT2D eigenvalue weighted by Crippen LogP contribution is -2.31. The zero-order chi connectivity index (χ0) is 17.4. The highest BCUT2D eigenvalue weighted by atomic mass is 16.4. The predicted molar refractivity (Wildman–Crippen MR) is 92.0 cm³/mol. The minimum Gasteiger partial charge on any atom is -0.408 e. The molecule has 1 atom stereocenters. The second kappa shape index (κ2) is 6.23. The van der Waals surface area contributed by atoms with Crippen LogP contribution in [0.4, 0.5) is 0 Å². The highest BCUT2D eigenvalue weighted by Gasteiger charge is 2.30. The smallest absolute Gasteiger partial charge is 0.408 e. The maximum absolute atomic E-state index is 12.7. The summed E-state index contributed by atoms with van der Waals surface area (Å²) in [6.45, 7) is 1.07. The number of benzene rings is 1. The minimum atomic E-state index is -0.417. The van der Waals surface area contributed by atoms with Gasteiger partial charge in [-0.1, -0.05) is 12.1 Å². The van der Waals surface area contributed by atoms with Crippen molar-refractivity contribution in [3.63, 3.8) is 0 Å². The number of rotatable bonds is 4. The fourth-order valence-electron chi connectivity index (χ4n) is 3.60. The van der Waals surface area contributed by atoms with E-state index in [4.69, 9.17) is 4.42 Å². The van der Waals surface area contributed by atoms with Gasteiger partial charge in [0.15, 0.2) is 5.58 Å². The van der Waals surface area contributed by atoms with Crippen molar-refractivity contribution in [2.45, 2.75) is 31.8 Å². The number of amides is 1. The fraction of sp³-hybridized carbons (Fsp3) is 0.389. The Bertz CT molecular complexity index is 968. The van der Waals surface area contributed by atoms with E-state index in [1.165, 1.54) is 4.57 Å². The molecule has 3 aromatic rings. The van der Waals surface area contributed by atoms with Crippen molar-refractivity contribution in [3.05, 3.63) is 52.8 Å². The van der Waals surface area contributed by atoms with E-state index < -0.39 is 5.76 Å². The molecule has 1 aliphatic rings. The number of hydrogen-bond donors (Lipinski definition) is 0. The lowest BCUT2D eigenvalue weighted by molar-refractivity contribution is -0.132. The van der Waals surface area contributed by atoms with Gasteiger partial charge in [0.2, 0.25) is 5.91 Å². The maximum Gasteiger partial charge on any atom is 0.419 e. The van der Waals surface area contributed by atoms with Crippen molar-refractivity contribution < 1.29 is 9.21 Å². The molecule has 25 heavy (non-hydrogen) atoms. The molecular formula is C18H20N4O3. The van der Waals surface area contributed by atoms with Gasteiger partial charge in [0.1, 0.15) is 0 Å². The summed E-state index contributed by atoms with van der Waals surface area (Å²) in [5.74, 6) is -0.359. The molecule has 130 valence electrons. The van der Waals surface area contributed by atoms with Gasteiger partial charge in [0, 0.05) is 38.3 Å². The first-order chi connectivity index (χ1) is 12.1. The molecule has 3 heterocycles. The Morgan fingerprint density at radius 1 is 1.36 bits per heavy atom. The zero-order valence-electron chi connectivity index (χ0n) is 14.1. The van der Waals surface area contributed by atoms with Crippen LogP contribution in [0.2, 0.25) is 0 Å². The average molecular weight is 340 g/mol. The summed E-state index contributed by atoms with van der Waals surface area (Å²) in [7, 11) is 1.88. The third-order valence-corrected chi connectivity index (χ3v) is 4.81. The monoisotopic (exact) mass is 340 g/mol. The maximum atomic E-state index is 12.7. The normalized spacial score (nSPS) is 17.5. The summed E-state index contributed by atoms with van der Waals surface area (Å²) < 4.78 is 8.51. The van der Waals surface area contributed by atoms with Crippen LogP contribution in [0.5, 0.6) is 0 Å². The molecule has 1 aromatic carbocycles. The minimum absolute atomic E-state index is 0.0588. The number of aromatic nitrogens is 3. The molecule has 7 nitrogen and oxygen atoms in total. The van der Waals surface area contributed by atoms with Gasteiger partial charge in [-0.05, 0) is 25.0 Å². The quantitative estimate of drug-likeness (QED) is 0.729. The molecule has 0 N–H and O–H groups in total. The van der Waals surface area contributed by atoms with Crippen molar-refractivity contribution >= 4 is 17.0 Å². The van der Waals surface area contributed by atoms with E-state index in [9.17, 15) is 9.59 Å². The standard InChI is InChI=1S/C18H20N4O3/c1-20-12-13(11-19-20)14-6-4-9-21(14)17(23)8-10-22-15-5-2-3-7-16(15)25-18(22)24/h2-3,5,7,11-12,14H,4,6,8-10H2,1H3. The van der Waals surface area contributed by atoms with Crippen molar-refractivity contribution in [1.29, 1.82) is 0 Å². The van der Waals surface area contributed by atoms with Gasteiger partial charge >= 0.3 is 5.76 Å². The summed E-state index contributed by atoms with van der Waals surface area (Å²) in [5.41, 5.74) is 2.35. The molecular weight excluding hydrogens is 320 g/mol. The van der Waals surface area contributed by atoms with Crippen LogP contribution in [0.1, 0.15) is 30.9 Å². The Labute approximate surface area is 144 Å². The molecule has 1 aliphatic heterocycles. The predicted octanol–water partition coefficient (Wildman–Crippen LogP) is 2.08. The summed E-state index contributed by atoms with van der Waals surface area (Å²) in [6.07, 6.45) is 6.00. The van der Waals surface area contributed by atoms with Crippen LogP contribution in [-0.2, 0) is 18.4 Å². The Hall–Kier alpha value is -2.83. The molecule has 0 aliphatic carbocycles. The number of hydrogen-bond acceptors (Lipinski definition) is 4. The number of nitrogens with zero attached hydrogens (tertiary/aromatic N) is 4. The average Bonchev–Trinajstić information content (AvgIpc) is 3.30. The first-order valence-corrected chi connectivity index (χ1v) is 8.50. The molecule has 4 rings (SSSR count). The summed E-state index contributed by atoms with van der Waals surface area (Å²) in [6, 6.07) is 7.35. The lowest BCUT2D eigenvalue weighted by atomic mass is 10.1. The van der Waals surface area contributed by atoms with Gasteiger partial charge < -0.3 is 9.32 Å². The Balaban J connectivity index is 1.50. The highest BCUT2D eigenvalue weighted by Crippen LogP contribution is 2.32. The first-order valence-electron chi connectivity index (χ1n) is 8.50. The van der Waals surface area contributed by atoms with Gasteiger partial charge in [-0.3, -0.25) is 14.0 Å². The Kier molecular flexibility index (Phi) is 3.91. The molecule has 1 amide bonds. The van der Waals surface area contributed by atoms with Gasteiger partial charge in [0.25, 0.3) is 0 Å². The molecule has 1 fully saturated rings. The van der Waals surface area contributed by atoms with E-state index >= 15 is 0 Å². The fourth-order valence-corrected chi connectivity index (χ4v) is 3.60. The highest BCUT2D eigenvalue weighted by molar-refractivity contribution is 5.77. The third kappa shape index (κ3) is 2.86. The van der Waals surface area contributed by atoms with Gasteiger partial charge in [0.05, 0.1) is 17.8 Å². The number of carbonyl (C=O) groups is 1. The number of aryl methyl sites for hydroxylation is 2. The van der Waals surface area contributed by atoms with Crippen molar-refractivity contribution in [2.75, 3.05) is 6.54 Å². The van der Waals surface area contributed by atoms with Crippen LogP contribution in [0.15, 0.2) is 45.9 Å². The molecule has 7 heteroatoms. The largest absolute Gasteiger partial charge is 0.419 e. The number of oxazole rings is 1. The van der Waals surface area contributed by atoms with Gasteiger partial charge in [-0.25, -0.2) is 4.79 Å². The molecule has 1 unspecified atom stereocenters. The molecule has 0 saturated carbocycles. The van der Waals surface area contributed by atoms with Crippen molar-refractivity contribution in [2.24, 2.45) is 7.05 Å².